The zero-order valence-electron chi connectivity index (χ0n) is 7.49. The molecule has 0 saturated heterocycles. The van der Waals surface area contributed by atoms with Gasteiger partial charge in [-0.15, -0.1) is 0 Å². The minimum absolute atomic E-state index is 0.734. The second kappa shape index (κ2) is 3.67. The SMILES string of the molecule is Cc1cc(=S)n(-c2ccc(Br)cn2)[nH]1. The molecule has 5 heteroatoms. The van der Waals surface area contributed by atoms with E-state index >= 15 is 0 Å². The molecule has 2 aromatic rings. The van der Waals surface area contributed by atoms with E-state index < -0.39 is 0 Å². The number of nitrogens with one attached hydrogen (secondary N) is 1. The number of H-pyrrole nitrogens is 1. The lowest BCUT2D eigenvalue weighted by molar-refractivity contribution is 0.822. The highest BCUT2D eigenvalue weighted by atomic mass is 79.9. The molecule has 0 aliphatic heterocycles. The molecule has 2 aromatic heterocycles. The van der Waals surface area contributed by atoms with Crippen LogP contribution in [0.4, 0.5) is 0 Å². The molecular weight excluding hydrogens is 262 g/mol. The standard InChI is InChI=1S/C9H8BrN3S/c1-6-4-9(14)13(12-6)8-3-2-7(10)5-11-8/h2-5,12H,1H3. The van der Waals surface area contributed by atoms with E-state index in [0.717, 1.165) is 20.6 Å². The van der Waals surface area contributed by atoms with Crippen molar-refractivity contribution in [1.82, 2.24) is 14.8 Å². The van der Waals surface area contributed by atoms with Crippen molar-refractivity contribution in [3.63, 3.8) is 0 Å². The van der Waals surface area contributed by atoms with Crippen molar-refractivity contribution in [2.45, 2.75) is 6.92 Å². The summed E-state index contributed by atoms with van der Waals surface area (Å²) in [5.41, 5.74) is 1.03. The Morgan fingerprint density at radius 2 is 2.29 bits per heavy atom. The Kier molecular flexibility index (Phi) is 2.52. The molecule has 0 aliphatic carbocycles. The molecule has 0 atom stereocenters. The maximum atomic E-state index is 5.17. The number of aromatic amines is 1. The zero-order valence-corrected chi connectivity index (χ0v) is 9.89. The van der Waals surface area contributed by atoms with Crippen LogP contribution in [0.2, 0.25) is 0 Å². The lowest BCUT2D eigenvalue weighted by Gasteiger charge is -2.00. The van der Waals surface area contributed by atoms with Gasteiger partial charge in [-0.3, -0.25) is 5.10 Å². The Morgan fingerprint density at radius 3 is 2.79 bits per heavy atom. The summed E-state index contributed by atoms with van der Waals surface area (Å²) in [5.74, 6) is 0.798. The van der Waals surface area contributed by atoms with Crippen LogP contribution in [0.1, 0.15) is 5.69 Å². The first-order chi connectivity index (χ1) is 6.66. The van der Waals surface area contributed by atoms with E-state index in [2.05, 4.69) is 26.0 Å². The predicted molar refractivity (Wildman–Crippen MR) is 61.2 cm³/mol. The van der Waals surface area contributed by atoms with Crippen LogP contribution >= 0.6 is 28.1 Å². The number of hydrogen-bond acceptors (Lipinski definition) is 2. The molecule has 0 amide bonds. The molecule has 0 fully saturated rings. The highest BCUT2D eigenvalue weighted by molar-refractivity contribution is 9.10. The summed E-state index contributed by atoms with van der Waals surface area (Å²) in [6.07, 6.45) is 1.74. The van der Waals surface area contributed by atoms with Gasteiger partial charge in [0.05, 0.1) is 0 Å². The normalized spacial score (nSPS) is 10.4. The maximum Gasteiger partial charge on any atom is 0.152 e. The van der Waals surface area contributed by atoms with Crippen LogP contribution in [0.15, 0.2) is 28.9 Å². The van der Waals surface area contributed by atoms with E-state index in [1.807, 2.05) is 25.1 Å². The minimum Gasteiger partial charge on any atom is -0.296 e. The fourth-order valence-corrected chi connectivity index (χ4v) is 1.73. The summed E-state index contributed by atoms with van der Waals surface area (Å²) in [4.78, 5) is 4.24. The van der Waals surface area contributed by atoms with Crippen LogP contribution in [0.5, 0.6) is 0 Å². The Morgan fingerprint density at radius 1 is 1.50 bits per heavy atom. The largest absolute Gasteiger partial charge is 0.296 e. The predicted octanol–water partition coefficient (Wildman–Crippen LogP) is 3.00. The van der Waals surface area contributed by atoms with Crippen molar-refractivity contribution >= 4 is 28.1 Å². The van der Waals surface area contributed by atoms with Crippen molar-refractivity contribution in [3.8, 4) is 5.82 Å². The van der Waals surface area contributed by atoms with E-state index in [4.69, 9.17) is 12.2 Å². The van der Waals surface area contributed by atoms with Gasteiger partial charge in [-0.25, -0.2) is 9.67 Å². The van der Waals surface area contributed by atoms with Gasteiger partial charge in [0.1, 0.15) is 4.64 Å². The number of halogens is 1. The summed E-state index contributed by atoms with van der Waals surface area (Å²) in [7, 11) is 0. The summed E-state index contributed by atoms with van der Waals surface area (Å²) in [6.45, 7) is 1.96. The number of aryl methyl sites for hydroxylation is 1. The monoisotopic (exact) mass is 269 g/mol. The lowest BCUT2D eigenvalue weighted by atomic mass is 10.5. The molecule has 0 aliphatic rings. The quantitative estimate of drug-likeness (QED) is 0.808. The topological polar surface area (TPSA) is 33.6 Å². The van der Waals surface area contributed by atoms with E-state index in [9.17, 15) is 0 Å². The molecule has 3 nitrogen and oxygen atoms in total. The molecule has 0 saturated carbocycles. The van der Waals surface area contributed by atoms with Gasteiger partial charge in [-0.1, -0.05) is 12.2 Å². The Hall–Kier alpha value is -0.940. The Balaban J connectivity index is 2.54. The van der Waals surface area contributed by atoms with Crippen LogP contribution in [0.3, 0.4) is 0 Å². The van der Waals surface area contributed by atoms with Crippen molar-refractivity contribution in [1.29, 1.82) is 0 Å². The average molecular weight is 270 g/mol. The summed E-state index contributed by atoms with van der Waals surface area (Å²) < 4.78 is 3.46. The van der Waals surface area contributed by atoms with Gasteiger partial charge < -0.3 is 0 Å². The molecule has 0 aromatic carbocycles. The molecule has 0 spiro atoms. The third-order valence-electron chi connectivity index (χ3n) is 1.79. The van der Waals surface area contributed by atoms with Gasteiger partial charge in [0, 0.05) is 16.4 Å². The summed E-state index contributed by atoms with van der Waals surface area (Å²) in [6, 6.07) is 5.73. The molecule has 0 radical (unpaired) electrons. The maximum absolute atomic E-state index is 5.17. The average Bonchev–Trinajstić information content (AvgIpc) is 2.47. The molecule has 0 unspecified atom stereocenters. The Bertz CT molecular complexity index is 498. The first-order valence-electron chi connectivity index (χ1n) is 4.07. The fourth-order valence-electron chi connectivity index (χ4n) is 1.18. The first kappa shape index (κ1) is 9.61. The van der Waals surface area contributed by atoms with Gasteiger partial charge in [-0.2, -0.15) is 0 Å². The van der Waals surface area contributed by atoms with E-state index in [1.54, 1.807) is 10.9 Å². The smallest absolute Gasteiger partial charge is 0.152 e. The van der Waals surface area contributed by atoms with Gasteiger partial charge >= 0.3 is 0 Å². The van der Waals surface area contributed by atoms with Crippen LogP contribution in [-0.2, 0) is 0 Å². The number of rotatable bonds is 1. The summed E-state index contributed by atoms with van der Waals surface area (Å²) >= 11 is 8.50. The summed E-state index contributed by atoms with van der Waals surface area (Å²) in [5, 5.41) is 3.11. The van der Waals surface area contributed by atoms with Gasteiger partial charge in [0.2, 0.25) is 0 Å². The number of nitrogens with zero attached hydrogens (tertiary/aromatic N) is 2. The second-order valence-electron chi connectivity index (χ2n) is 2.95. The second-order valence-corrected chi connectivity index (χ2v) is 4.28. The third-order valence-corrected chi connectivity index (χ3v) is 2.56. The zero-order chi connectivity index (χ0) is 10.1. The first-order valence-corrected chi connectivity index (χ1v) is 5.27. The minimum atomic E-state index is 0.734. The molecular formula is C9H8BrN3S. The molecule has 0 bridgehead atoms. The lowest BCUT2D eigenvalue weighted by Crippen LogP contribution is -1.98. The van der Waals surface area contributed by atoms with E-state index in [0.29, 0.717) is 0 Å². The van der Waals surface area contributed by atoms with Crippen LogP contribution in [0.25, 0.3) is 5.82 Å². The van der Waals surface area contributed by atoms with Crippen LogP contribution < -0.4 is 0 Å². The van der Waals surface area contributed by atoms with E-state index in [1.165, 1.54) is 0 Å². The number of pyridine rings is 1. The number of aromatic nitrogens is 3. The van der Waals surface area contributed by atoms with Gasteiger partial charge in [0.25, 0.3) is 0 Å². The van der Waals surface area contributed by atoms with Gasteiger partial charge in [-0.05, 0) is 41.1 Å². The molecule has 72 valence electrons. The van der Waals surface area contributed by atoms with Crippen molar-refractivity contribution < 1.29 is 0 Å². The van der Waals surface area contributed by atoms with Crippen molar-refractivity contribution in [3.05, 3.63) is 39.2 Å². The Labute approximate surface area is 94.9 Å². The highest BCUT2D eigenvalue weighted by Gasteiger charge is 2.00. The molecule has 1 N–H and O–H groups in total. The third kappa shape index (κ3) is 1.78. The molecule has 2 rings (SSSR count). The van der Waals surface area contributed by atoms with Crippen molar-refractivity contribution in [2.24, 2.45) is 0 Å². The van der Waals surface area contributed by atoms with Crippen LogP contribution in [0, 0.1) is 11.6 Å². The van der Waals surface area contributed by atoms with Gasteiger partial charge in [0.15, 0.2) is 5.82 Å². The molecule has 14 heavy (non-hydrogen) atoms. The number of hydrogen-bond donors (Lipinski definition) is 1. The van der Waals surface area contributed by atoms with Crippen LogP contribution in [-0.4, -0.2) is 14.8 Å². The van der Waals surface area contributed by atoms with E-state index in [-0.39, 0.29) is 0 Å². The van der Waals surface area contributed by atoms with Crippen molar-refractivity contribution in [2.75, 3.05) is 0 Å². The molecule has 2 heterocycles. The fraction of sp³-hybridized carbons (Fsp3) is 0.111. The highest BCUT2D eigenvalue weighted by Crippen LogP contribution is 2.11.